The van der Waals surface area contributed by atoms with Crippen LogP contribution in [0.2, 0.25) is 0 Å². The van der Waals surface area contributed by atoms with E-state index in [0.717, 1.165) is 65.8 Å². The van der Waals surface area contributed by atoms with Gasteiger partial charge in [-0.3, -0.25) is 14.8 Å². The molecule has 0 radical (unpaired) electrons. The summed E-state index contributed by atoms with van der Waals surface area (Å²) >= 11 is 1.53. The van der Waals surface area contributed by atoms with Crippen LogP contribution < -0.4 is 0 Å². The Balaban J connectivity index is 0.000000405. The lowest BCUT2D eigenvalue weighted by molar-refractivity contribution is -0.192. The maximum absolute atomic E-state index is 13.4. The summed E-state index contributed by atoms with van der Waals surface area (Å²) in [6, 6.07) is 7.91. The maximum Gasteiger partial charge on any atom is 0.490 e. The smallest absolute Gasteiger partial charge is 0.475 e. The number of carbonyl (C=O) groups is 2. The summed E-state index contributed by atoms with van der Waals surface area (Å²) < 4.78 is 33.8. The van der Waals surface area contributed by atoms with Gasteiger partial charge < -0.3 is 19.3 Å². The molecule has 1 aliphatic rings. The van der Waals surface area contributed by atoms with Crippen molar-refractivity contribution in [1.82, 2.24) is 29.2 Å². The second kappa shape index (κ2) is 11.0. The lowest BCUT2D eigenvalue weighted by Gasteiger charge is -2.20. The van der Waals surface area contributed by atoms with Gasteiger partial charge in [0.1, 0.15) is 10.7 Å². The Morgan fingerprint density at radius 2 is 1.86 bits per heavy atom. The second-order valence-corrected chi connectivity index (χ2v) is 9.14. The lowest BCUT2D eigenvalue weighted by Crippen LogP contribution is -2.34. The molecule has 0 unspecified atom stereocenters. The first-order valence-corrected chi connectivity index (χ1v) is 12.1. The fourth-order valence-electron chi connectivity index (χ4n) is 3.86. The fourth-order valence-corrected chi connectivity index (χ4v) is 4.63. The van der Waals surface area contributed by atoms with Crippen molar-refractivity contribution < 1.29 is 27.9 Å². The number of amides is 1. The third kappa shape index (κ3) is 6.12. The summed E-state index contributed by atoms with van der Waals surface area (Å²) in [7, 11) is 2.11. The van der Waals surface area contributed by atoms with Crippen LogP contribution in [0, 0.1) is 0 Å². The number of carbonyl (C=O) groups excluding carboxylic acids is 1. The Labute approximate surface area is 213 Å². The van der Waals surface area contributed by atoms with Crippen molar-refractivity contribution >= 4 is 28.7 Å². The maximum atomic E-state index is 13.4. The summed E-state index contributed by atoms with van der Waals surface area (Å²) in [6.07, 6.45) is 2.92. The Hall–Kier alpha value is -3.84. The zero-order valence-corrected chi connectivity index (χ0v) is 20.5. The van der Waals surface area contributed by atoms with Crippen molar-refractivity contribution in [1.29, 1.82) is 0 Å². The molecule has 0 bridgehead atoms. The van der Waals surface area contributed by atoms with Crippen LogP contribution in [0.4, 0.5) is 13.2 Å². The summed E-state index contributed by atoms with van der Waals surface area (Å²) in [4.78, 5) is 39.8. The van der Waals surface area contributed by atoms with Crippen molar-refractivity contribution in [2.45, 2.75) is 12.6 Å². The molecule has 1 amide bonds. The SMILES string of the molecule is CN1CCCN(C(=O)c2cc(-c3csc(-c4cnccn4)n3)n3ccccc23)CC1.O=C(O)C(F)(F)F. The van der Waals surface area contributed by atoms with E-state index in [9.17, 15) is 18.0 Å². The van der Waals surface area contributed by atoms with Crippen LogP contribution in [0.5, 0.6) is 0 Å². The zero-order valence-electron chi connectivity index (χ0n) is 19.7. The van der Waals surface area contributed by atoms with Crippen molar-refractivity contribution in [3.63, 3.8) is 0 Å². The highest BCUT2D eigenvalue weighted by Crippen LogP contribution is 2.31. The van der Waals surface area contributed by atoms with Gasteiger partial charge in [0.05, 0.1) is 28.7 Å². The number of thiazole rings is 1. The van der Waals surface area contributed by atoms with E-state index in [4.69, 9.17) is 14.9 Å². The van der Waals surface area contributed by atoms with Gasteiger partial charge in [-0.15, -0.1) is 11.3 Å². The Kier molecular flexibility index (Phi) is 7.83. The number of rotatable bonds is 3. The van der Waals surface area contributed by atoms with E-state index >= 15 is 0 Å². The highest BCUT2D eigenvalue weighted by molar-refractivity contribution is 7.13. The molecule has 194 valence electrons. The van der Waals surface area contributed by atoms with Gasteiger partial charge in [-0.05, 0) is 38.2 Å². The van der Waals surface area contributed by atoms with Crippen molar-refractivity contribution in [3.8, 4) is 22.1 Å². The average molecular weight is 533 g/mol. The van der Waals surface area contributed by atoms with Gasteiger partial charge in [-0.25, -0.2) is 9.78 Å². The van der Waals surface area contributed by atoms with Crippen LogP contribution in [-0.4, -0.2) is 85.5 Å². The van der Waals surface area contributed by atoms with E-state index in [1.54, 1.807) is 18.6 Å². The molecular formula is C24H23F3N6O3S. The molecule has 1 aliphatic heterocycles. The normalized spacial score (nSPS) is 14.6. The number of carboxylic acid groups (broad SMARTS) is 1. The molecule has 1 fully saturated rings. The van der Waals surface area contributed by atoms with Gasteiger partial charge >= 0.3 is 12.1 Å². The Morgan fingerprint density at radius 3 is 2.57 bits per heavy atom. The summed E-state index contributed by atoms with van der Waals surface area (Å²) in [5.74, 6) is -2.67. The molecule has 37 heavy (non-hydrogen) atoms. The van der Waals surface area contributed by atoms with E-state index in [-0.39, 0.29) is 5.91 Å². The van der Waals surface area contributed by atoms with Crippen LogP contribution in [0.15, 0.2) is 54.4 Å². The molecule has 5 heterocycles. The van der Waals surface area contributed by atoms with Gasteiger partial charge in [0.25, 0.3) is 5.91 Å². The molecule has 5 rings (SSSR count). The first kappa shape index (κ1) is 26.2. The topological polar surface area (TPSA) is 104 Å². The summed E-state index contributed by atoms with van der Waals surface area (Å²) in [6.45, 7) is 3.46. The number of fused-ring (bicyclic) bond motifs is 1. The minimum Gasteiger partial charge on any atom is -0.475 e. The third-order valence-corrected chi connectivity index (χ3v) is 6.57. The minimum absolute atomic E-state index is 0.0876. The number of aliphatic carboxylic acids is 1. The van der Waals surface area contributed by atoms with Crippen molar-refractivity contribution in [3.05, 3.63) is 60.0 Å². The molecule has 0 spiro atoms. The number of carboxylic acids is 1. The molecule has 0 atom stereocenters. The van der Waals surface area contributed by atoms with E-state index in [2.05, 4.69) is 21.9 Å². The number of halogens is 3. The standard InChI is InChI=1S/C22H22N6OS.C2HF3O2/c1-26-8-4-9-27(12-11-26)22(29)16-13-20(28-10-3-2-5-19(16)28)18-15-30-21(25-18)17-14-23-6-7-24-17;3-2(4,5)1(6)7/h2-3,5-7,10,13-15H,4,8-9,11-12H2,1H3;(H,6,7). The van der Waals surface area contributed by atoms with E-state index in [0.29, 0.717) is 0 Å². The molecule has 1 saturated heterocycles. The molecule has 1 N–H and O–H groups in total. The van der Waals surface area contributed by atoms with Crippen molar-refractivity contribution in [2.75, 3.05) is 33.2 Å². The molecule has 0 saturated carbocycles. The van der Waals surface area contributed by atoms with Crippen LogP contribution in [0.3, 0.4) is 0 Å². The van der Waals surface area contributed by atoms with E-state index < -0.39 is 12.1 Å². The van der Waals surface area contributed by atoms with Crippen LogP contribution in [-0.2, 0) is 4.79 Å². The fraction of sp³-hybridized carbons (Fsp3) is 0.292. The van der Waals surface area contributed by atoms with Crippen LogP contribution in [0.1, 0.15) is 16.8 Å². The largest absolute Gasteiger partial charge is 0.490 e. The first-order valence-electron chi connectivity index (χ1n) is 11.3. The predicted molar refractivity (Wildman–Crippen MR) is 131 cm³/mol. The number of nitrogens with zero attached hydrogens (tertiary/aromatic N) is 6. The van der Waals surface area contributed by atoms with E-state index in [1.807, 2.05) is 45.1 Å². The van der Waals surface area contributed by atoms with Crippen molar-refractivity contribution in [2.24, 2.45) is 0 Å². The number of likely N-dealkylation sites (N-methyl/N-ethyl adjacent to an activating group) is 1. The highest BCUT2D eigenvalue weighted by Gasteiger charge is 2.38. The minimum atomic E-state index is -5.08. The van der Waals surface area contributed by atoms with Gasteiger partial charge in [-0.1, -0.05) is 6.07 Å². The van der Waals surface area contributed by atoms with Gasteiger partial charge in [0.2, 0.25) is 0 Å². The van der Waals surface area contributed by atoms with Gasteiger partial charge in [0.15, 0.2) is 0 Å². The molecule has 9 nitrogen and oxygen atoms in total. The number of pyridine rings is 1. The highest BCUT2D eigenvalue weighted by atomic mass is 32.1. The van der Waals surface area contributed by atoms with Crippen LogP contribution >= 0.6 is 11.3 Å². The van der Waals surface area contributed by atoms with Gasteiger partial charge in [0, 0.05) is 43.6 Å². The number of alkyl halides is 3. The molecule has 0 aromatic carbocycles. The number of hydrogen-bond acceptors (Lipinski definition) is 7. The first-order chi connectivity index (χ1) is 17.6. The molecule has 4 aromatic heterocycles. The number of aromatic nitrogens is 4. The third-order valence-electron chi connectivity index (χ3n) is 5.70. The quantitative estimate of drug-likeness (QED) is 0.426. The second-order valence-electron chi connectivity index (χ2n) is 8.28. The Bertz CT molecular complexity index is 1390. The summed E-state index contributed by atoms with van der Waals surface area (Å²) in [5.41, 5.74) is 4.12. The van der Waals surface area contributed by atoms with Gasteiger partial charge in [-0.2, -0.15) is 13.2 Å². The molecule has 0 aliphatic carbocycles. The summed E-state index contributed by atoms with van der Waals surface area (Å²) in [5, 5.41) is 9.95. The lowest BCUT2D eigenvalue weighted by atomic mass is 10.2. The average Bonchev–Trinajstić information content (AvgIpc) is 3.45. The molecular weight excluding hydrogens is 509 g/mol. The van der Waals surface area contributed by atoms with E-state index in [1.165, 1.54) is 11.3 Å². The monoisotopic (exact) mass is 532 g/mol. The number of hydrogen-bond donors (Lipinski definition) is 1. The Morgan fingerprint density at radius 1 is 1.08 bits per heavy atom. The molecule has 13 heteroatoms. The van der Waals surface area contributed by atoms with Crippen LogP contribution in [0.25, 0.3) is 27.6 Å². The predicted octanol–water partition coefficient (Wildman–Crippen LogP) is 3.93. The molecule has 4 aromatic rings. The zero-order chi connectivity index (χ0) is 26.6.